The molecule has 148 valence electrons. The monoisotopic (exact) mass is 378 g/mol. The minimum atomic E-state index is -1.18. The summed E-state index contributed by atoms with van der Waals surface area (Å²) in [6.07, 6.45) is 7.39. The van der Waals surface area contributed by atoms with Gasteiger partial charge in [0.05, 0.1) is 24.1 Å². The van der Waals surface area contributed by atoms with Crippen LogP contribution in [0.25, 0.3) is 0 Å². The van der Waals surface area contributed by atoms with Crippen molar-refractivity contribution in [3.05, 3.63) is 0 Å². The highest BCUT2D eigenvalue weighted by atomic mass is 32.2. The van der Waals surface area contributed by atoms with Crippen LogP contribution < -0.4 is 0 Å². The van der Waals surface area contributed by atoms with Crippen molar-refractivity contribution in [3.8, 4) is 0 Å². The second kappa shape index (κ2) is 12.9. The fourth-order valence-corrected chi connectivity index (χ4v) is 4.76. The van der Waals surface area contributed by atoms with Crippen LogP contribution in [0.3, 0.4) is 0 Å². The molecule has 0 aromatic carbocycles. The van der Waals surface area contributed by atoms with Crippen molar-refractivity contribution in [3.63, 3.8) is 0 Å². The molecule has 0 spiro atoms. The van der Waals surface area contributed by atoms with E-state index in [2.05, 4.69) is 0 Å². The van der Waals surface area contributed by atoms with Crippen LogP contribution in [0.1, 0.15) is 70.6 Å². The number of aliphatic carboxylic acids is 1. The van der Waals surface area contributed by atoms with Crippen LogP contribution in [0, 0.1) is 0 Å². The molecule has 1 heterocycles. The van der Waals surface area contributed by atoms with E-state index in [1.165, 1.54) is 24.6 Å². The third-order valence-corrected chi connectivity index (χ3v) is 6.51. The maximum atomic E-state index is 10.4. The van der Waals surface area contributed by atoms with Gasteiger partial charge in [-0.2, -0.15) is 0 Å². The van der Waals surface area contributed by atoms with Crippen molar-refractivity contribution in [2.75, 3.05) is 6.61 Å². The first-order chi connectivity index (χ1) is 12.0. The largest absolute Gasteiger partial charge is 0.481 e. The van der Waals surface area contributed by atoms with Gasteiger partial charge in [-0.3, -0.25) is 4.79 Å². The average Bonchev–Trinajstić information content (AvgIpc) is 2.59. The topological polar surface area (TPSA) is 118 Å². The van der Waals surface area contributed by atoms with E-state index in [1.54, 1.807) is 0 Å². The molecule has 1 saturated heterocycles. The smallest absolute Gasteiger partial charge is 0.303 e. The standard InChI is InChI=1S/C18H34O6S/c19-12-14-17(23)18(24)16(22)13(25-14)10-8-6-4-2-1-3-5-7-9-11-15(20)21/h13-14,16-19,22-24H,1-12H2,(H,20,21)/t13-,14+,16+,17-,18-/m1/s1. The molecule has 5 atom stereocenters. The van der Waals surface area contributed by atoms with E-state index in [-0.39, 0.29) is 18.3 Å². The van der Waals surface area contributed by atoms with Crippen LogP contribution in [0.5, 0.6) is 0 Å². The second-order valence-corrected chi connectivity index (χ2v) is 8.46. The Kier molecular flexibility index (Phi) is 11.7. The number of thioether (sulfide) groups is 1. The first-order valence-corrected chi connectivity index (χ1v) is 10.4. The third kappa shape index (κ3) is 8.73. The quantitative estimate of drug-likeness (QED) is 0.311. The van der Waals surface area contributed by atoms with Crippen LogP contribution in [0.15, 0.2) is 0 Å². The van der Waals surface area contributed by atoms with Crippen molar-refractivity contribution in [1.82, 2.24) is 0 Å². The molecule has 0 unspecified atom stereocenters. The van der Waals surface area contributed by atoms with Gasteiger partial charge in [0.25, 0.3) is 0 Å². The Bertz CT molecular complexity index is 365. The molecule has 1 aliphatic heterocycles. The summed E-state index contributed by atoms with van der Waals surface area (Å²) >= 11 is 1.38. The molecular formula is C18H34O6S. The molecule has 6 nitrogen and oxygen atoms in total. The van der Waals surface area contributed by atoms with Crippen LogP contribution in [-0.4, -0.2) is 66.9 Å². The van der Waals surface area contributed by atoms with Crippen LogP contribution >= 0.6 is 11.8 Å². The Hall–Kier alpha value is -0.340. The van der Waals surface area contributed by atoms with E-state index < -0.39 is 29.5 Å². The Morgan fingerprint density at radius 2 is 1.20 bits per heavy atom. The van der Waals surface area contributed by atoms with Gasteiger partial charge in [0, 0.05) is 11.7 Å². The molecule has 1 aliphatic rings. The number of hydrogen-bond donors (Lipinski definition) is 5. The van der Waals surface area contributed by atoms with Crippen LogP contribution in [0.2, 0.25) is 0 Å². The van der Waals surface area contributed by atoms with Gasteiger partial charge in [-0.25, -0.2) is 0 Å². The van der Waals surface area contributed by atoms with E-state index in [9.17, 15) is 25.2 Å². The number of aliphatic hydroxyl groups excluding tert-OH is 4. The Morgan fingerprint density at radius 1 is 0.720 bits per heavy atom. The molecule has 0 bridgehead atoms. The van der Waals surface area contributed by atoms with Gasteiger partial charge in [0.1, 0.15) is 6.10 Å². The lowest BCUT2D eigenvalue weighted by molar-refractivity contribution is -0.137. The van der Waals surface area contributed by atoms with Gasteiger partial charge in [0.2, 0.25) is 0 Å². The second-order valence-electron chi connectivity index (χ2n) is 6.98. The van der Waals surface area contributed by atoms with Gasteiger partial charge in [-0.1, -0.05) is 51.4 Å². The molecule has 0 saturated carbocycles. The van der Waals surface area contributed by atoms with E-state index in [4.69, 9.17) is 5.11 Å². The number of carboxylic acids is 1. The number of carbonyl (C=O) groups is 1. The van der Waals surface area contributed by atoms with Gasteiger partial charge < -0.3 is 25.5 Å². The lowest BCUT2D eigenvalue weighted by Gasteiger charge is -2.39. The van der Waals surface area contributed by atoms with Crippen LogP contribution in [0.4, 0.5) is 0 Å². The normalized spacial score (nSPS) is 29.7. The van der Waals surface area contributed by atoms with E-state index >= 15 is 0 Å². The summed E-state index contributed by atoms with van der Waals surface area (Å²) in [4.78, 5) is 10.4. The average molecular weight is 379 g/mol. The lowest BCUT2D eigenvalue weighted by atomic mass is 9.97. The SMILES string of the molecule is O=C(O)CCCCCCCCCCC[C@H]1S[C@@H](CO)[C@@H](O)[C@H](O)[C@H]1O. The van der Waals surface area contributed by atoms with E-state index in [1.807, 2.05) is 0 Å². The summed E-state index contributed by atoms with van der Waals surface area (Å²) < 4.78 is 0. The highest BCUT2D eigenvalue weighted by Crippen LogP contribution is 2.35. The number of rotatable bonds is 13. The zero-order valence-electron chi connectivity index (χ0n) is 14.9. The summed E-state index contributed by atoms with van der Waals surface area (Å²) in [5, 5.41) is 46.9. The van der Waals surface area contributed by atoms with Gasteiger partial charge >= 0.3 is 5.97 Å². The highest BCUT2D eigenvalue weighted by Gasteiger charge is 2.42. The maximum Gasteiger partial charge on any atom is 0.303 e. The molecule has 25 heavy (non-hydrogen) atoms. The van der Waals surface area contributed by atoms with Crippen molar-refractivity contribution < 1.29 is 30.3 Å². The predicted molar refractivity (Wildman–Crippen MR) is 98.7 cm³/mol. The predicted octanol–water partition coefficient (Wildman–Crippen LogP) is 1.92. The molecule has 7 heteroatoms. The number of hydrogen-bond acceptors (Lipinski definition) is 6. The Balaban J connectivity index is 2.01. The minimum absolute atomic E-state index is 0.134. The Labute approximate surface area is 154 Å². The highest BCUT2D eigenvalue weighted by molar-refractivity contribution is 8.00. The molecule has 0 aromatic rings. The van der Waals surface area contributed by atoms with Crippen molar-refractivity contribution in [1.29, 1.82) is 0 Å². The van der Waals surface area contributed by atoms with Gasteiger partial charge in [-0.05, 0) is 12.8 Å². The van der Waals surface area contributed by atoms with E-state index in [0.717, 1.165) is 51.4 Å². The van der Waals surface area contributed by atoms with Crippen molar-refractivity contribution in [2.24, 2.45) is 0 Å². The van der Waals surface area contributed by atoms with Gasteiger partial charge in [-0.15, -0.1) is 11.8 Å². The zero-order chi connectivity index (χ0) is 18.7. The molecule has 0 aliphatic carbocycles. The summed E-state index contributed by atoms with van der Waals surface area (Å²) in [5.41, 5.74) is 0. The third-order valence-electron chi connectivity index (χ3n) is 4.87. The first kappa shape index (κ1) is 22.7. The summed E-state index contributed by atoms with van der Waals surface area (Å²) in [5.74, 6) is -0.714. The fourth-order valence-electron chi connectivity index (χ4n) is 3.28. The van der Waals surface area contributed by atoms with Gasteiger partial charge in [0.15, 0.2) is 0 Å². The summed E-state index contributed by atoms with van der Waals surface area (Å²) in [6.45, 7) is -0.196. The van der Waals surface area contributed by atoms with Crippen molar-refractivity contribution in [2.45, 2.75) is 99.4 Å². The molecule has 5 N–H and O–H groups in total. The fraction of sp³-hybridized carbons (Fsp3) is 0.944. The van der Waals surface area contributed by atoms with Crippen LogP contribution in [-0.2, 0) is 4.79 Å². The molecule has 1 fully saturated rings. The molecule has 0 aromatic heterocycles. The van der Waals surface area contributed by atoms with Crippen molar-refractivity contribution >= 4 is 17.7 Å². The zero-order valence-corrected chi connectivity index (χ0v) is 15.7. The number of unbranched alkanes of at least 4 members (excludes halogenated alkanes) is 8. The molecule has 0 amide bonds. The number of carboxylic acid groups (broad SMARTS) is 1. The summed E-state index contributed by atoms with van der Waals surface area (Å²) in [7, 11) is 0. The molecular weight excluding hydrogens is 344 g/mol. The minimum Gasteiger partial charge on any atom is -0.481 e. The molecule has 0 radical (unpaired) electrons. The maximum absolute atomic E-state index is 10.4. The Morgan fingerprint density at radius 3 is 1.72 bits per heavy atom. The van der Waals surface area contributed by atoms with E-state index in [0.29, 0.717) is 0 Å². The lowest BCUT2D eigenvalue weighted by Crippen LogP contribution is -2.53. The molecule has 1 rings (SSSR count). The summed E-state index contributed by atoms with van der Waals surface area (Å²) in [6, 6.07) is 0. The number of aliphatic hydroxyl groups is 4. The first-order valence-electron chi connectivity index (χ1n) is 9.49.